The van der Waals surface area contributed by atoms with Crippen molar-refractivity contribution in [3.63, 3.8) is 0 Å². The Balaban J connectivity index is 4.23. The molecule has 0 unspecified atom stereocenters. The number of unbranched alkanes of at least 4 members (excludes halogenated alkanes) is 38. The van der Waals surface area contributed by atoms with Gasteiger partial charge in [0.1, 0.15) is 13.2 Å². The molecule has 65 heavy (non-hydrogen) atoms. The van der Waals surface area contributed by atoms with E-state index in [4.69, 9.17) is 14.2 Å². The largest absolute Gasteiger partial charge is 0.462 e. The monoisotopic (exact) mass is 919 g/mol. The lowest BCUT2D eigenvalue weighted by Gasteiger charge is -2.18. The van der Waals surface area contributed by atoms with Gasteiger partial charge in [-0.15, -0.1) is 0 Å². The van der Waals surface area contributed by atoms with Gasteiger partial charge in [-0.3, -0.25) is 14.4 Å². The van der Waals surface area contributed by atoms with Crippen molar-refractivity contribution in [3.05, 3.63) is 0 Å². The van der Waals surface area contributed by atoms with Crippen LogP contribution in [0.4, 0.5) is 0 Å². The molecule has 0 fully saturated rings. The Morgan fingerprint density at radius 2 is 0.508 bits per heavy atom. The van der Waals surface area contributed by atoms with Gasteiger partial charge in [0.2, 0.25) is 0 Å². The fourth-order valence-corrected chi connectivity index (χ4v) is 9.05. The van der Waals surface area contributed by atoms with Crippen LogP contribution in [0, 0.1) is 11.8 Å². The van der Waals surface area contributed by atoms with Gasteiger partial charge in [-0.25, -0.2) is 0 Å². The minimum absolute atomic E-state index is 0.0625. The first-order chi connectivity index (χ1) is 31.7. The maximum atomic E-state index is 12.8. The average molecular weight is 920 g/mol. The zero-order valence-corrected chi connectivity index (χ0v) is 44.6. The highest BCUT2D eigenvalue weighted by atomic mass is 16.6. The molecule has 0 radical (unpaired) electrons. The predicted molar refractivity (Wildman–Crippen MR) is 280 cm³/mol. The van der Waals surface area contributed by atoms with Gasteiger partial charge in [-0.05, 0) is 31.1 Å². The number of esters is 3. The topological polar surface area (TPSA) is 78.9 Å². The van der Waals surface area contributed by atoms with Crippen LogP contribution in [0.2, 0.25) is 0 Å². The van der Waals surface area contributed by atoms with Gasteiger partial charge in [0.15, 0.2) is 6.10 Å². The number of ether oxygens (including phenoxy) is 3. The Morgan fingerprint density at radius 1 is 0.292 bits per heavy atom. The fourth-order valence-electron chi connectivity index (χ4n) is 9.05. The lowest BCUT2D eigenvalue weighted by molar-refractivity contribution is -0.167. The molecule has 0 saturated heterocycles. The molecule has 0 aromatic heterocycles. The van der Waals surface area contributed by atoms with E-state index < -0.39 is 6.10 Å². The Hall–Kier alpha value is -1.59. The first kappa shape index (κ1) is 63.4. The number of hydrogen-bond acceptors (Lipinski definition) is 6. The van der Waals surface area contributed by atoms with Crippen molar-refractivity contribution in [3.8, 4) is 0 Å². The highest BCUT2D eigenvalue weighted by molar-refractivity contribution is 5.71. The standard InChI is InChI=1S/C59H114O6/c1-6-7-8-9-10-11-29-34-39-44-49-57(60)63-52-56(65-59(62)51-46-41-36-31-26-22-18-14-16-20-24-28-33-38-43-48-55(4)5)53-64-58(61)50-45-40-35-30-25-21-17-13-12-15-19-23-27-32-37-42-47-54(2)3/h54-56H,6-53H2,1-5H3/t56-/m1/s1. The molecule has 6 heteroatoms. The summed E-state index contributed by atoms with van der Waals surface area (Å²) >= 11 is 0. The van der Waals surface area contributed by atoms with E-state index in [2.05, 4.69) is 34.6 Å². The summed E-state index contributed by atoms with van der Waals surface area (Å²) in [5.74, 6) is 0.861. The molecule has 0 aromatic carbocycles. The van der Waals surface area contributed by atoms with Crippen LogP contribution >= 0.6 is 0 Å². The fraction of sp³-hybridized carbons (Fsp3) is 0.949. The van der Waals surface area contributed by atoms with Crippen molar-refractivity contribution in [2.75, 3.05) is 13.2 Å². The van der Waals surface area contributed by atoms with E-state index in [1.54, 1.807) is 0 Å². The Kier molecular flexibility index (Phi) is 50.5. The van der Waals surface area contributed by atoms with Gasteiger partial charge >= 0.3 is 17.9 Å². The van der Waals surface area contributed by atoms with Gasteiger partial charge in [-0.2, -0.15) is 0 Å². The zero-order chi connectivity index (χ0) is 47.5. The third-order valence-corrected chi connectivity index (χ3v) is 13.5. The van der Waals surface area contributed by atoms with Crippen LogP contribution in [-0.2, 0) is 28.6 Å². The smallest absolute Gasteiger partial charge is 0.306 e. The second kappa shape index (κ2) is 51.8. The summed E-state index contributed by atoms with van der Waals surface area (Å²) in [6.45, 7) is 11.4. The third kappa shape index (κ3) is 53.2. The van der Waals surface area contributed by atoms with Crippen molar-refractivity contribution in [1.82, 2.24) is 0 Å². The van der Waals surface area contributed by atoms with Gasteiger partial charge in [0.25, 0.3) is 0 Å². The number of carbonyl (C=O) groups is 3. The quantitative estimate of drug-likeness (QED) is 0.0344. The molecular formula is C59H114O6. The first-order valence-electron chi connectivity index (χ1n) is 29.2. The van der Waals surface area contributed by atoms with E-state index in [9.17, 15) is 14.4 Å². The highest BCUT2D eigenvalue weighted by Gasteiger charge is 2.19. The SMILES string of the molecule is CCCCCCCCCCCCC(=O)OC[C@H](COC(=O)CCCCCCCCCCCCCCCCCCC(C)C)OC(=O)CCCCCCCCCCCCCCCCCC(C)C. The van der Waals surface area contributed by atoms with E-state index in [1.165, 1.54) is 218 Å². The van der Waals surface area contributed by atoms with E-state index >= 15 is 0 Å². The molecule has 0 bridgehead atoms. The summed E-state index contributed by atoms with van der Waals surface area (Å²) in [5, 5.41) is 0. The van der Waals surface area contributed by atoms with Gasteiger partial charge in [0, 0.05) is 19.3 Å². The number of rotatable bonds is 53. The maximum Gasteiger partial charge on any atom is 0.306 e. The van der Waals surface area contributed by atoms with Crippen molar-refractivity contribution in [2.24, 2.45) is 11.8 Å². The van der Waals surface area contributed by atoms with Crippen LogP contribution in [0.3, 0.4) is 0 Å². The molecule has 0 aliphatic heterocycles. The second-order valence-electron chi connectivity index (χ2n) is 21.2. The Bertz CT molecular complexity index is 993. The first-order valence-corrected chi connectivity index (χ1v) is 29.2. The number of carbonyl (C=O) groups excluding carboxylic acids is 3. The Labute approximate surface area is 406 Å². The van der Waals surface area contributed by atoms with Crippen molar-refractivity contribution >= 4 is 17.9 Å². The molecule has 0 aliphatic rings. The molecule has 0 aliphatic carbocycles. The molecule has 0 N–H and O–H groups in total. The summed E-state index contributed by atoms with van der Waals surface area (Å²) in [6, 6.07) is 0. The van der Waals surface area contributed by atoms with Crippen molar-refractivity contribution < 1.29 is 28.6 Å². The van der Waals surface area contributed by atoms with Crippen LogP contribution in [0.5, 0.6) is 0 Å². The van der Waals surface area contributed by atoms with Crippen LogP contribution in [-0.4, -0.2) is 37.2 Å². The molecule has 386 valence electrons. The molecular weight excluding hydrogens is 805 g/mol. The summed E-state index contributed by atoms with van der Waals surface area (Å²) in [6.07, 6.45) is 55.3. The van der Waals surface area contributed by atoms with Crippen LogP contribution in [0.1, 0.15) is 330 Å². The molecule has 0 rings (SSSR count). The lowest BCUT2D eigenvalue weighted by Crippen LogP contribution is -2.30. The van der Waals surface area contributed by atoms with Gasteiger partial charge < -0.3 is 14.2 Å². The van der Waals surface area contributed by atoms with E-state index in [0.717, 1.165) is 69.6 Å². The van der Waals surface area contributed by atoms with E-state index in [1.807, 2.05) is 0 Å². The number of hydrogen-bond donors (Lipinski definition) is 0. The average Bonchev–Trinajstić information content (AvgIpc) is 3.28. The summed E-state index contributed by atoms with van der Waals surface area (Å²) in [7, 11) is 0. The predicted octanol–water partition coefficient (Wildman–Crippen LogP) is 19.3. The molecule has 0 saturated carbocycles. The van der Waals surface area contributed by atoms with E-state index in [0.29, 0.717) is 19.3 Å². The second-order valence-corrected chi connectivity index (χ2v) is 21.2. The van der Waals surface area contributed by atoms with Crippen LogP contribution in [0.25, 0.3) is 0 Å². The molecule has 0 spiro atoms. The highest BCUT2D eigenvalue weighted by Crippen LogP contribution is 2.18. The van der Waals surface area contributed by atoms with Crippen molar-refractivity contribution in [2.45, 2.75) is 336 Å². The summed E-state index contributed by atoms with van der Waals surface area (Å²) in [5.41, 5.74) is 0. The van der Waals surface area contributed by atoms with Gasteiger partial charge in [0.05, 0.1) is 0 Å². The summed E-state index contributed by atoms with van der Waals surface area (Å²) < 4.78 is 16.9. The van der Waals surface area contributed by atoms with E-state index in [-0.39, 0.29) is 31.1 Å². The molecule has 0 heterocycles. The minimum Gasteiger partial charge on any atom is -0.462 e. The molecule has 0 aromatic rings. The Morgan fingerprint density at radius 3 is 0.754 bits per heavy atom. The molecule has 1 atom stereocenters. The zero-order valence-electron chi connectivity index (χ0n) is 44.6. The normalized spacial score (nSPS) is 12.0. The molecule has 0 amide bonds. The lowest BCUT2D eigenvalue weighted by atomic mass is 10.0. The van der Waals surface area contributed by atoms with Crippen LogP contribution in [0.15, 0.2) is 0 Å². The van der Waals surface area contributed by atoms with Crippen LogP contribution < -0.4 is 0 Å². The molecule has 6 nitrogen and oxygen atoms in total. The van der Waals surface area contributed by atoms with Crippen molar-refractivity contribution in [1.29, 1.82) is 0 Å². The van der Waals surface area contributed by atoms with Gasteiger partial charge in [-0.1, -0.05) is 291 Å². The third-order valence-electron chi connectivity index (χ3n) is 13.5. The maximum absolute atomic E-state index is 12.8. The summed E-state index contributed by atoms with van der Waals surface area (Å²) in [4.78, 5) is 38.1. The minimum atomic E-state index is -0.762.